The molecule has 3 nitrogen and oxygen atoms in total. The Morgan fingerprint density at radius 2 is 2.25 bits per heavy atom. The molecule has 0 spiro atoms. The van der Waals surface area contributed by atoms with E-state index in [1.165, 1.54) is 11.1 Å². The maximum Gasteiger partial charge on any atom is 0.218 e. The molecular formula is C12H17BrN2O. The maximum atomic E-state index is 10.7. The van der Waals surface area contributed by atoms with Gasteiger partial charge in [0.25, 0.3) is 0 Å². The molecule has 4 heteroatoms. The molecule has 0 aliphatic rings. The summed E-state index contributed by atoms with van der Waals surface area (Å²) in [5.41, 5.74) is 7.53. The summed E-state index contributed by atoms with van der Waals surface area (Å²) in [7, 11) is 0. The van der Waals surface area contributed by atoms with Crippen molar-refractivity contribution in [3.63, 3.8) is 0 Å². The molecular weight excluding hydrogens is 268 g/mol. The average molecular weight is 285 g/mol. The molecule has 0 saturated carbocycles. The highest BCUT2D eigenvalue weighted by molar-refractivity contribution is 9.10. The van der Waals surface area contributed by atoms with E-state index < -0.39 is 0 Å². The van der Waals surface area contributed by atoms with Crippen molar-refractivity contribution in [2.24, 2.45) is 5.73 Å². The van der Waals surface area contributed by atoms with Crippen LogP contribution in [-0.4, -0.2) is 11.9 Å². The molecule has 0 aromatic heterocycles. The number of carbonyl (C=O) groups excluding carboxylic acids is 1. The van der Waals surface area contributed by atoms with E-state index in [0.29, 0.717) is 6.42 Å². The van der Waals surface area contributed by atoms with Crippen LogP contribution in [0.25, 0.3) is 0 Å². The summed E-state index contributed by atoms with van der Waals surface area (Å²) in [6, 6.07) is 6.32. The normalized spacial score (nSPS) is 12.4. The van der Waals surface area contributed by atoms with E-state index in [0.717, 1.165) is 11.0 Å². The number of nitrogens with one attached hydrogen (secondary N) is 1. The molecule has 0 saturated heterocycles. The van der Waals surface area contributed by atoms with E-state index >= 15 is 0 Å². The Morgan fingerprint density at radius 3 is 2.81 bits per heavy atom. The minimum absolute atomic E-state index is 0.103. The molecule has 1 rings (SSSR count). The number of halogens is 1. The van der Waals surface area contributed by atoms with Crippen molar-refractivity contribution >= 4 is 21.8 Å². The third-order valence-electron chi connectivity index (χ3n) is 2.36. The number of hydrogen-bond donors (Lipinski definition) is 2. The fourth-order valence-corrected chi connectivity index (χ4v) is 2.09. The number of primary amides is 1. The largest absolute Gasteiger partial charge is 0.370 e. The number of aryl methyl sites for hydroxylation is 1. The van der Waals surface area contributed by atoms with Crippen LogP contribution in [0.4, 0.5) is 0 Å². The van der Waals surface area contributed by atoms with E-state index in [4.69, 9.17) is 5.73 Å². The van der Waals surface area contributed by atoms with Gasteiger partial charge in [0.2, 0.25) is 5.91 Å². The van der Waals surface area contributed by atoms with Crippen LogP contribution < -0.4 is 11.1 Å². The van der Waals surface area contributed by atoms with Gasteiger partial charge in [0.1, 0.15) is 0 Å². The summed E-state index contributed by atoms with van der Waals surface area (Å²) in [5.74, 6) is -0.275. The van der Waals surface area contributed by atoms with Crippen molar-refractivity contribution < 1.29 is 4.79 Å². The van der Waals surface area contributed by atoms with E-state index in [2.05, 4.69) is 46.4 Å². The van der Waals surface area contributed by atoms with Crippen LogP contribution >= 0.6 is 15.9 Å². The van der Waals surface area contributed by atoms with Gasteiger partial charge in [0, 0.05) is 23.5 Å². The minimum atomic E-state index is -0.275. The second-order valence-corrected chi connectivity index (χ2v) is 4.90. The number of benzene rings is 1. The van der Waals surface area contributed by atoms with Gasteiger partial charge >= 0.3 is 0 Å². The SMILES string of the molecule is Cc1ccc(CNC(C)CC(N)=O)c(Br)c1. The predicted octanol–water partition coefficient (Wildman–Crippen LogP) is 2.11. The number of amides is 1. The second kappa shape index (κ2) is 6.01. The quantitative estimate of drug-likeness (QED) is 0.870. The summed E-state index contributed by atoms with van der Waals surface area (Å²) in [5, 5.41) is 3.26. The second-order valence-electron chi connectivity index (χ2n) is 4.05. The first-order valence-electron chi connectivity index (χ1n) is 5.25. The molecule has 1 atom stereocenters. The fraction of sp³-hybridized carbons (Fsp3) is 0.417. The molecule has 1 aromatic rings. The Balaban J connectivity index is 2.51. The van der Waals surface area contributed by atoms with E-state index in [1.807, 2.05) is 6.92 Å². The molecule has 1 amide bonds. The van der Waals surface area contributed by atoms with Crippen molar-refractivity contribution in [1.29, 1.82) is 0 Å². The molecule has 0 aliphatic heterocycles. The fourth-order valence-electron chi connectivity index (χ4n) is 1.45. The molecule has 1 unspecified atom stereocenters. The standard InChI is InChI=1S/C12H17BrN2O/c1-8-3-4-10(11(13)5-8)7-15-9(2)6-12(14)16/h3-5,9,15H,6-7H2,1-2H3,(H2,14,16). The summed E-state index contributed by atoms with van der Waals surface area (Å²) in [6.45, 7) is 4.74. The van der Waals surface area contributed by atoms with Gasteiger partial charge in [-0.05, 0) is 31.0 Å². The molecule has 0 fully saturated rings. The highest BCUT2D eigenvalue weighted by Crippen LogP contribution is 2.18. The van der Waals surface area contributed by atoms with Gasteiger partial charge in [-0.15, -0.1) is 0 Å². The Hall–Kier alpha value is -0.870. The van der Waals surface area contributed by atoms with E-state index in [-0.39, 0.29) is 11.9 Å². The van der Waals surface area contributed by atoms with E-state index in [9.17, 15) is 4.79 Å². The van der Waals surface area contributed by atoms with Crippen molar-refractivity contribution in [3.05, 3.63) is 33.8 Å². The first-order chi connectivity index (χ1) is 7.49. The summed E-state index contributed by atoms with van der Waals surface area (Å²) >= 11 is 3.52. The van der Waals surface area contributed by atoms with Gasteiger partial charge in [0.15, 0.2) is 0 Å². The number of carbonyl (C=O) groups is 1. The summed E-state index contributed by atoms with van der Waals surface area (Å²) < 4.78 is 1.09. The molecule has 0 radical (unpaired) electrons. The summed E-state index contributed by atoms with van der Waals surface area (Å²) in [6.07, 6.45) is 0.365. The average Bonchev–Trinajstić information content (AvgIpc) is 2.15. The van der Waals surface area contributed by atoms with Gasteiger partial charge in [-0.2, -0.15) is 0 Å². The molecule has 1 aromatic carbocycles. The lowest BCUT2D eigenvalue weighted by Crippen LogP contribution is -2.30. The van der Waals surface area contributed by atoms with E-state index in [1.54, 1.807) is 0 Å². The highest BCUT2D eigenvalue weighted by Gasteiger charge is 2.06. The van der Waals surface area contributed by atoms with Crippen LogP contribution in [0.5, 0.6) is 0 Å². The minimum Gasteiger partial charge on any atom is -0.370 e. The van der Waals surface area contributed by atoms with Gasteiger partial charge < -0.3 is 11.1 Å². The van der Waals surface area contributed by atoms with Crippen LogP contribution in [0.1, 0.15) is 24.5 Å². The molecule has 0 bridgehead atoms. The van der Waals surface area contributed by atoms with Crippen LogP contribution in [0, 0.1) is 6.92 Å². The molecule has 16 heavy (non-hydrogen) atoms. The Bertz CT molecular complexity index is 379. The smallest absolute Gasteiger partial charge is 0.218 e. The lowest BCUT2D eigenvalue weighted by molar-refractivity contribution is -0.118. The van der Waals surface area contributed by atoms with Crippen LogP contribution in [-0.2, 0) is 11.3 Å². The van der Waals surface area contributed by atoms with Gasteiger partial charge in [0.05, 0.1) is 0 Å². The first-order valence-corrected chi connectivity index (χ1v) is 6.05. The van der Waals surface area contributed by atoms with Crippen molar-refractivity contribution in [3.8, 4) is 0 Å². The summed E-state index contributed by atoms with van der Waals surface area (Å²) in [4.78, 5) is 10.7. The third kappa shape index (κ3) is 4.33. The Morgan fingerprint density at radius 1 is 1.56 bits per heavy atom. The lowest BCUT2D eigenvalue weighted by Gasteiger charge is -2.13. The van der Waals surface area contributed by atoms with Gasteiger partial charge in [-0.3, -0.25) is 4.79 Å². The van der Waals surface area contributed by atoms with Crippen LogP contribution in [0.2, 0.25) is 0 Å². The molecule has 3 N–H and O–H groups in total. The lowest BCUT2D eigenvalue weighted by atomic mass is 10.1. The topological polar surface area (TPSA) is 55.1 Å². The van der Waals surface area contributed by atoms with Crippen molar-refractivity contribution in [1.82, 2.24) is 5.32 Å². The van der Waals surface area contributed by atoms with Crippen LogP contribution in [0.15, 0.2) is 22.7 Å². The van der Waals surface area contributed by atoms with Crippen molar-refractivity contribution in [2.75, 3.05) is 0 Å². The molecule has 0 heterocycles. The first kappa shape index (κ1) is 13.2. The number of rotatable bonds is 5. The molecule has 88 valence electrons. The van der Waals surface area contributed by atoms with Gasteiger partial charge in [-0.25, -0.2) is 0 Å². The zero-order valence-corrected chi connectivity index (χ0v) is 11.2. The Labute approximate surface area is 105 Å². The maximum absolute atomic E-state index is 10.7. The van der Waals surface area contributed by atoms with Gasteiger partial charge in [-0.1, -0.05) is 28.1 Å². The third-order valence-corrected chi connectivity index (χ3v) is 3.10. The Kier molecular flexibility index (Phi) is 4.96. The van der Waals surface area contributed by atoms with Crippen LogP contribution in [0.3, 0.4) is 0 Å². The zero-order valence-electron chi connectivity index (χ0n) is 9.59. The number of nitrogens with two attached hydrogens (primary N) is 1. The zero-order chi connectivity index (χ0) is 12.1. The monoisotopic (exact) mass is 284 g/mol. The number of hydrogen-bond acceptors (Lipinski definition) is 2. The van der Waals surface area contributed by atoms with Crippen molar-refractivity contribution in [2.45, 2.75) is 32.9 Å². The highest BCUT2D eigenvalue weighted by atomic mass is 79.9. The molecule has 0 aliphatic carbocycles. The predicted molar refractivity (Wildman–Crippen MR) is 69.0 cm³/mol.